The van der Waals surface area contributed by atoms with Crippen molar-refractivity contribution in [3.63, 3.8) is 0 Å². The van der Waals surface area contributed by atoms with Crippen molar-refractivity contribution in [3.8, 4) is 0 Å². The Balaban J connectivity index is 1.35. The largest absolute Gasteiger partial charge is 0.355 e. The van der Waals surface area contributed by atoms with Crippen LogP contribution in [0.3, 0.4) is 0 Å². The van der Waals surface area contributed by atoms with Crippen LogP contribution in [-0.4, -0.2) is 36.5 Å². The predicted molar refractivity (Wildman–Crippen MR) is 132 cm³/mol. The first-order chi connectivity index (χ1) is 16.1. The zero-order valence-corrected chi connectivity index (χ0v) is 19.0. The SMILES string of the molecule is CC(CNC(=O)C1CCN(C(=O)Nc2ccccc2)CC1)(c1ccccc1)c1ccccc1. The van der Waals surface area contributed by atoms with Gasteiger partial charge in [0, 0.05) is 36.7 Å². The fourth-order valence-electron chi connectivity index (χ4n) is 4.46. The molecule has 1 saturated heterocycles. The molecule has 3 aromatic rings. The summed E-state index contributed by atoms with van der Waals surface area (Å²) >= 11 is 0. The topological polar surface area (TPSA) is 61.4 Å². The molecule has 1 aliphatic heterocycles. The number of urea groups is 1. The number of hydrogen-bond acceptors (Lipinski definition) is 2. The first-order valence-corrected chi connectivity index (χ1v) is 11.6. The molecule has 0 radical (unpaired) electrons. The normalized spacial score (nSPS) is 14.5. The van der Waals surface area contributed by atoms with Gasteiger partial charge in [-0.05, 0) is 43.0 Å². The molecule has 0 bridgehead atoms. The van der Waals surface area contributed by atoms with Crippen molar-refractivity contribution in [2.75, 3.05) is 25.0 Å². The minimum absolute atomic E-state index is 0.0659. The molecule has 0 aliphatic carbocycles. The Morgan fingerprint density at radius 2 is 1.30 bits per heavy atom. The lowest BCUT2D eigenvalue weighted by Gasteiger charge is -2.34. The van der Waals surface area contributed by atoms with E-state index in [1.165, 1.54) is 11.1 Å². The Labute approximate surface area is 195 Å². The minimum atomic E-state index is -0.325. The number of benzene rings is 3. The summed E-state index contributed by atoms with van der Waals surface area (Å²) in [4.78, 5) is 27.4. The van der Waals surface area contributed by atoms with E-state index >= 15 is 0 Å². The maximum Gasteiger partial charge on any atom is 0.321 e. The molecule has 1 heterocycles. The lowest BCUT2D eigenvalue weighted by molar-refractivity contribution is -0.126. The third-order valence-corrected chi connectivity index (χ3v) is 6.62. The molecule has 0 atom stereocenters. The van der Waals surface area contributed by atoms with Crippen molar-refractivity contribution in [1.29, 1.82) is 0 Å². The van der Waals surface area contributed by atoms with Gasteiger partial charge in [0.15, 0.2) is 0 Å². The van der Waals surface area contributed by atoms with Crippen molar-refractivity contribution in [2.45, 2.75) is 25.2 Å². The second kappa shape index (κ2) is 10.3. The average molecular weight is 442 g/mol. The van der Waals surface area contributed by atoms with Crippen molar-refractivity contribution >= 4 is 17.6 Å². The van der Waals surface area contributed by atoms with E-state index in [9.17, 15) is 9.59 Å². The molecule has 3 amide bonds. The first kappa shape index (κ1) is 22.6. The summed E-state index contributed by atoms with van der Waals surface area (Å²) < 4.78 is 0. The monoisotopic (exact) mass is 441 g/mol. The molecule has 0 unspecified atom stereocenters. The maximum absolute atomic E-state index is 13.0. The van der Waals surface area contributed by atoms with Gasteiger partial charge < -0.3 is 15.5 Å². The van der Waals surface area contributed by atoms with Crippen LogP contribution in [0, 0.1) is 5.92 Å². The molecule has 3 aromatic carbocycles. The molecular formula is C28H31N3O2. The van der Waals surface area contributed by atoms with Gasteiger partial charge >= 0.3 is 6.03 Å². The van der Waals surface area contributed by atoms with Gasteiger partial charge in [0.1, 0.15) is 0 Å². The van der Waals surface area contributed by atoms with E-state index in [4.69, 9.17) is 0 Å². The number of carbonyl (C=O) groups excluding carboxylic acids is 2. The number of piperidine rings is 1. The van der Waals surface area contributed by atoms with Crippen LogP contribution in [0.4, 0.5) is 10.5 Å². The van der Waals surface area contributed by atoms with E-state index in [1.54, 1.807) is 4.90 Å². The van der Waals surface area contributed by atoms with Crippen LogP contribution >= 0.6 is 0 Å². The Hall–Kier alpha value is -3.60. The lowest BCUT2D eigenvalue weighted by atomic mass is 9.76. The molecule has 1 aliphatic rings. The van der Waals surface area contributed by atoms with Gasteiger partial charge in [-0.1, -0.05) is 78.9 Å². The van der Waals surface area contributed by atoms with Crippen molar-refractivity contribution in [2.24, 2.45) is 5.92 Å². The van der Waals surface area contributed by atoms with Gasteiger partial charge in [-0.15, -0.1) is 0 Å². The summed E-state index contributed by atoms with van der Waals surface area (Å²) in [7, 11) is 0. The van der Waals surface area contributed by atoms with E-state index < -0.39 is 0 Å². The van der Waals surface area contributed by atoms with E-state index in [0.29, 0.717) is 32.5 Å². The van der Waals surface area contributed by atoms with E-state index in [0.717, 1.165) is 5.69 Å². The number of likely N-dealkylation sites (tertiary alicyclic amines) is 1. The lowest BCUT2D eigenvalue weighted by Crippen LogP contribution is -2.47. The second-order valence-electron chi connectivity index (χ2n) is 8.84. The molecule has 4 rings (SSSR count). The zero-order chi connectivity index (χ0) is 23.1. The number of carbonyl (C=O) groups is 2. The predicted octanol–water partition coefficient (Wildman–Crippen LogP) is 5.05. The Kier molecular flexibility index (Phi) is 7.08. The molecule has 5 nitrogen and oxygen atoms in total. The smallest absolute Gasteiger partial charge is 0.321 e. The fourth-order valence-corrected chi connectivity index (χ4v) is 4.46. The third-order valence-electron chi connectivity index (χ3n) is 6.62. The summed E-state index contributed by atoms with van der Waals surface area (Å²) in [5.74, 6) is -0.0159. The van der Waals surface area contributed by atoms with Crippen LogP contribution in [0.2, 0.25) is 0 Å². The fraction of sp³-hybridized carbons (Fsp3) is 0.286. The van der Waals surface area contributed by atoms with Gasteiger partial charge in [0.25, 0.3) is 0 Å². The van der Waals surface area contributed by atoms with Gasteiger partial charge in [-0.2, -0.15) is 0 Å². The molecular weight excluding hydrogens is 410 g/mol. The summed E-state index contributed by atoms with van der Waals surface area (Å²) in [5, 5.41) is 6.14. The van der Waals surface area contributed by atoms with Crippen molar-refractivity contribution in [1.82, 2.24) is 10.2 Å². The van der Waals surface area contributed by atoms with E-state index in [-0.39, 0.29) is 23.3 Å². The van der Waals surface area contributed by atoms with Crippen molar-refractivity contribution < 1.29 is 9.59 Å². The summed E-state index contributed by atoms with van der Waals surface area (Å²) in [5.41, 5.74) is 2.80. The molecule has 2 N–H and O–H groups in total. The average Bonchev–Trinajstić information content (AvgIpc) is 2.89. The van der Waals surface area contributed by atoms with Gasteiger partial charge in [-0.3, -0.25) is 4.79 Å². The molecule has 33 heavy (non-hydrogen) atoms. The van der Waals surface area contributed by atoms with Crippen LogP contribution in [0.1, 0.15) is 30.9 Å². The second-order valence-corrected chi connectivity index (χ2v) is 8.84. The molecule has 170 valence electrons. The zero-order valence-electron chi connectivity index (χ0n) is 19.0. The third kappa shape index (κ3) is 5.43. The van der Waals surface area contributed by atoms with Crippen LogP contribution < -0.4 is 10.6 Å². The molecule has 0 saturated carbocycles. The van der Waals surface area contributed by atoms with E-state index in [2.05, 4.69) is 41.8 Å². The number of hydrogen-bond donors (Lipinski definition) is 2. The van der Waals surface area contributed by atoms with Gasteiger partial charge in [-0.25, -0.2) is 4.79 Å². The number of amides is 3. The molecule has 0 spiro atoms. The number of para-hydroxylation sites is 1. The van der Waals surface area contributed by atoms with Crippen LogP contribution in [0.15, 0.2) is 91.0 Å². The maximum atomic E-state index is 13.0. The minimum Gasteiger partial charge on any atom is -0.355 e. The summed E-state index contributed by atoms with van der Waals surface area (Å²) in [6, 6.07) is 30.0. The Bertz CT molecular complexity index is 1010. The van der Waals surface area contributed by atoms with Crippen LogP contribution in [0.25, 0.3) is 0 Å². The first-order valence-electron chi connectivity index (χ1n) is 11.6. The van der Waals surface area contributed by atoms with Gasteiger partial charge in [0.05, 0.1) is 0 Å². The molecule has 5 heteroatoms. The van der Waals surface area contributed by atoms with Crippen LogP contribution in [0.5, 0.6) is 0 Å². The highest BCUT2D eigenvalue weighted by molar-refractivity contribution is 5.89. The Morgan fingerprint density at radius 3 is 1.82 bits per heavy atom. The quantitative estimate of drug-likeness (QED) is 0.562. The van der Waals surface area contributed by atoms with Crippen LogP contribution in [-0.2, 0) is 10.2 Å². The standard InChI is InChI=1S/C28H31N3O2/c1-28(23-11-5-2-6-12-23,24-13-7-3-8-14-24)21-29-26(32)22-17-19-31(20-18-22)27(33)30-25-15-9-4-10-16-25/h2-16,22H,17-21H2,1H3,(H,29,32)(H,30,33). The highest BCUT2D eigenvalue weighted by Gasteiger charge is 2.32. The number of nitrogens with zero attached hydrogens (tertiary/aromatic N) is 1. The Morgan fingerprint density at radius 1 is 0.818 bits per heavy atom. The van der Waals surface area contributed by atoms with Gasteiger partial charge in [0.2, 0.25) is 5.91 Å². The van der Waals surface area contributed by atoms with Crippen molar-refractivity contribution in [3.05, 3.63) is 102 Å². The highest BCUT2D eigenvalue weighted by Crippen LogP contribution is 2.31. The number of anilines is 1. The number of nitrogens with one attached hydrogen (secondary N) is 2. The van der Waals surface area contributed by atoms with E-state index in [1.807, 2.05) is 66.7 Å². The highest BCUT2D eigenvalue weighted by atomic mass is 16.2. The summed E-state index contributed by atoms with van der Waals surface area (Å²) in [6.07, 6.45) is 1.34. The number of rotatable bonds is 6. The summed E-state index contributed by atoms with van der Waals surface area (Å²) in [6.45, 7) is 3.85. The molecule has 0 aromatic heterocycles. The molecule has 1 fully saturated rings.